The van der Waals surface area contributed by atoms with Crippen molar-refractivity contribution < 1.29 is 28.6 Å². The van der Waals surface area contributed by atoms with Crippen LogP contribution in [-0.4, -0.2) is 37.5 Å². The first-order valence-corrected chi connectivity index (χ1v) is 9.27. The summed E-state index contributed by atoms with van der Waals surface area (Å²) in [4.78, 5) is 35.5. The highest BCUT2D eigenvalue weighted by molar-refractivity contribution is 5.98. The molecule has 29 heavy (non-hydrogen) atoms. The molecule has 7 nitrogen and oxygen atoms in total. The average molecular weight is 399 g/mol. The second-order valence-corrected chi connectivity index (χ2v) is 6.39. The maximum atomic E-state index is 12.2. The third-order valence-electron chi connectivity index (χ3n) is 4.07. The van der Waals surface area contributed by atoms with E-state index in [2.05, 4.69) is 5.32 Å². The lowest BCUT2D eigenvalue weighted by Gasteiger charge is -2.14. The Hall–Kier alpha value is -3.35. The van der Waals surface area contributed by atoms with Gasteiger partial charge in [0.15, 0.2) is 11.9 Å². The first-order chi connectivity index (χ1) is 13.9. The molecule has 0 saturated carbocycles. The van der Waals surface area contributed by atoms with Crippen molar-refractivity contribution in [3.05, 3.63) is 54.1 Å². The van der Waals surface area contributed by atoms with E-state index in [1.165, 1.54) is 13.8 Å². The number of carbonyl (C=O) groups is 3. The zero-order valence-electron chi connectivity index (χ0n) is 16.8. The molecule has 0 aliphatic carbocycles. The summed E-state index contributed by atoms with van der Waals surface area (Å²) in [6, 6.07) is 13.7. The van der Waals surface area contributed by atoms with E-state index in [1.807, 2.05) is 0 Å². The summed E-state index contributed by atoms with van der Waals surface area (Å²) >= 11 is 0. The number of hydrogen-bond acceptors (Lipinski definition) is 6. The highest BCUT2D eigenvalue weighted by atomic mass is 16.5. The smallest absolute Gasteiger partial charge is 0.306 e. The van der Waals surface area contributed by atoms with Crippen LogP contribution in [0.15, 0.2) is 48.5 Å². The number of ketones is 1. The first kappa shape index (κ1) is 21.9. The summed E-state index contributed by atoms with van der Waals surface area (Å²) in [6.45, 7) is 3.29. The molecule has 2 aromatic carbocycles. The van der Waals surface area contributed by atoms with E-state index in [4.69, 9.17) is 14.2 Å². The van der Waals surface area contributed by atoms with Crippen LogP contribution >= 0.6 is 0 Å². The monoisotopic (exact) mass is 399 g/mol. The Morgan fingerprint density at radius 1 is 1.03 bits per heavy atom. The minimum absolute atomic E-state index is 0.0996. The molecule has 0 fully saturated rings. The SMILES string of the molecule is COc1ccc(OCCCC(=O)O[C@H](C)C(=O)Nc2cccc(C(C)=O)c2)cc1. The number of Topliss-reactive ketones (excluding diaryl/α,β-unsaturated/α-hetero) is 1. The van der Waals surface area contributed by atoms with Gasteiger partial charge in [0.25, 0.3) is 5.91 Å². The molecule has 0 unspecified atom stereocenters. The van der Waals surface area contributed by atoms with E-state index < -0.39 is 18.0 Å². The van der Waals surface area contributed by atoms with Crippen molar-refractivity contribution in [3.8, 4) is 11.5 Å². The molecule has 2 rings (SSSR count). The molecule has 0 heterocycles. The second kappa shape index (κ2) is 10.8. The van der Waals surface area contributed by atoms with E-state index in [-0.39, 0.29) is 12.2 Å². The Morgan fingerprint density at radius 2 is 1.72 bits per heavy atom. The van der Waals surface area contributed by atoms with Gasteiger partial charge in [-0.25, -0.2) is 0 Å². The first-order valence-electron chi connectivity index (χ1n) is 9.27. The van der Waals surface area contributed by atoms with Gasteiger partial charge in [-0.05, 0) is 56.7 Å². The number of methoxy groups -OCH3 is 1. The minimum Gasteiger partial charge on any atom is -0.497 e. The molecule has 0 saturated heterocycles. The topological polar surface area (TPSA) is 90.9 Å². The third kappa shape index (κ3) is 7.29. The summed E-state index contributed by atoms with van der Waals surface area (Å²) < 4.78 is 15.8. The highest BCUT2D eigenvalue weighted by Crippen LogP contribution is 2.17. The fourth-order valence-electron chi connectivity index (χ4n) is 2.45. The van der Waals surface area contributed by atoms with Gasteiger partial charge in [-0.2, -0.15) is 0 Å². The molecule has 0 aromatic heterocycles. The van der Waals surface area contributed by atoms with Gasteiger partial charge in [0.05, 0.1) is 13.7 Å². The standard InChI is InChI=1S/C22H25NO6/c1-15(24)17-6-4-7-18(14-17)23-22(26)16(2)29-21(25)8-5-13-28-20-11-9-19(27-3)10-12-20/h4,6-7,9-12,14,16H,5,8,13H2,1-3H3,(H,23,26)/t16-/m1/s1. The van der Waals surface area contributed by atoms with Crippen LogP contribution in [0, 0.1) is 0 Å². The summed E-state index contributed by atoms with van der Waals surface area (Å²) in [5.41, 5.74) is 0.961. The molecule has 1 amide bonds. The summed E-state index contributed by atoms with van der Waals surface area (Å²) in [5, 5.41) is 2.64. The Kier molecular flexibility index (Phi) is 8.21. The number of esters is 1. The Morgan fingerprint density at radius 3 is 2.38 bits per heavy atom. The largest absolute Gasteiger partial charge is 0.497 e. The van der Waals surface area contributed by atoms with Crippen LogP contribution in [0.5, 0.6) is 11.5 Å². The maximum Gasteiger partial charge on any atom is 0.306 e. The van der Waals surface area contributed by atoms with Crippen molar-refractivity contribution in [1.29, 1.82) is 0 Å². The van der Waals surface area contributed by atoms with Crippen LogP contribution in [0.1, 0.15) is 37.0 Å². The average Bonchev–Trinajstić information content (AvgIpc) is 2.71. The molecule has 2 aromatic rings. The van der Waals surface area contributed by atoms with Gasteiger partial charge < -0.3 is 19.5 Å². The predicted molar refractivity (Wildman–Crippen MR) is 108 cm³/mol. The number of anilines is 1. The van der Waals surface area contributed by atoms with Crippen LogP contribution in [-0.2, 0) is 14.3 Å². The van der Waals surface area contributed by atoms with Crippen molar-refractivity contribution in [2.75, 3.05) is 19.0 Å². The molecule has 1 atom stereocenters. The highest BCUT2D eigenvalue weighted by Gasteiger charge is 2.18. The number of carbonyl (C=O) groups excluding carboxylic acids is 3. The van der Waals surface area contributed by atoms with Crippen LogP contribution in [0.25, 0.3) is 0 Å². The Balaban J connectivity index is 1.71. The van der Waals surface area contributed by atoms with E-state index in [0.717, 1.165) is 5.75 Å². The fraction of sp³-hybridized carbons (Fsp3) is 0.318. The van der Waals surface area contributed by atoms with Crippen molar-refractivity contribution >= 4 is 23.3 Å². The van der Waals surface area contributed by atoms with Gasteiger partial charge in [0.1, 0.15) is 11.5 Å². The van der Waals surface area contributed by atoms with Gasteiger partial charge in [-0.15, -0.1) is 0 Å². The zero-order chi connectivity index (χ0) is 21.2. The van der Waals surface area contributed by atoms with Crippen molar-refractivity contribution in [2.45, 2.75) is 32.8 Å². The molecular weight excluding hydrogens is 374 g/mol. The molecular formula is C22H25NO6. The molecule has 0 bridgehead atoms. The number of rotatable bonds is 10. The lowest BCUT2D eigenvalue weighted by molar-refractivity contribution is -0.153. The van der Waals surface area contributed by atoms with Crippen LogP contribution < -0.4 is 14.8 Å². The van der Waals surface area contributed by atoms with Gasteiger partial charge in [-0.3, -0.25) is 14.4 Å². The summed E-state index contributed by atoms with van der Waals surface area (Å²) in [7, 11) is 1.59. The number of ether oxygens (including phenoxy) is 3. The number of benzene rings is 2. The zero-order valence-corrected chi connectivity index (χ0v) is 16.8. The summed E-state index contributed by atoms with van der Waals surface area (Å²) in [5.74, 6) is 0.371. The maximum absolute atomic E-state index is 12.2. The van der Waals surface area contributed by atoms with Crippen LogP contribution in [0.2, 0.25) is 0 Å². The molecule has 0 aliphatic heterocycles. The second-order valence-electron chi connectivity index (χ2n) is 6.39. The van der Waals surface area contributed by atoms with E-state index in [1.54, 1.807) is 55.6 Å². The van der Waals surface area contributed by atoms with Gasteiger partial charge in [0, 0.05) is 17.7 Å². The molecule has 1 N–H and O–H groups in total. The van der Waals surface area contributed by atoms with E-state index in [0.29, 0.717) is 30.0 Å². The number of nitrogens with one attached hydrogen (secondary N) is 1. The van der Waals surface area contributed by atoms with Crippen molar-refractivity contribution in [2.24, 2.45) is 0 Å². The van der Waals surface area contributed by atoms with E-state index in [9.17, 15) is 14.4 Å². The van der Waals surface area contributed by atoms with Crippen LogP contribution in [0.3, 0.4) is 0 Å². The summed E-state index contributed by atoms with van der Waals surface area (Å²) in [6.07, 6.45) is -0.362. The molecule has 0 radical (unpaired) electrons. The van der Waals surface area contributed by atoms with Crippen LogP contribution in [0.4, 0.5) is 5.69 Å². The quantitative estimate of drug-likeness (QED) is 0.373. The lowest BCUT2D eigenvalue weighted by Crippen LogP contribution is -2.30. The van der Waals surface area contributed by atoms with Gasteiger partial charge >= 0.3 is 5.97 Å². The lowest BCUT2D eigenvalue weighted by atomic mass is 10.1. The molecule has 0 aliphatic rings. The van der Waals surface area contributed by atoms with Crippen molar-refractivity contribution in [1.82, 2.24) is 0 Å². The van der Waals surface area contributed by atoms with Gasteiger partial charge in [0.2, 0.25) is 0 Å². The van der Waals surface area contributed by atoms with E-state index >= 15 is 0 Å². The third-order valence-corrected chi connectivity index (χ3v) is 4.07. The van der Waals surface area contributed by atoms with Gasteiger partial charge in [-0.1, -0.05) is 12.1 Å². The number of hydrogen-bond donors (Lipinski definition) is 1. The van der Waals surface area contributed by atoms with Crippen molar-refractivity contribution in [3.63, 3.8) is 0 Å². The Labute approximate surface area is 170 Å². The normalized spacial score (nSPS) is 11.3. The molecule has 7 heteroatoms. The molecule has 0 spiro atoms. The Bertz CT molecular complexity index is 847. The minimum atomic E-state index is -0.953. The predicted octanol–water partition coefficient (Wildman–Crippen LogP) is 3.63. The molecule has 154 valence electrons. The number of amides is 1. The fourth-order valence-corrected chi connectivity index (χ4v) is 2.45.